The summed E-state index contributed by atoms with van der Waals surface area (Å²) in [5.41, 5.74) is 16.0. The molecular weight excluding hydrogens is 651 g/mol. The Balaban J connectivity index is 1.12. The second-order valence-electron chi connectivity index (χ2n) is 15.0. The zero-order valence-corrected chi connectivity index (χ0v) is 30.5. The average Bonchev–Trinajstić information content (AvgIpc) is 3.23. The van der Waals surface area contributed by atoms with E-state index in [9.17, 15) is 0 Å². The van der Waals surface area contributed by atoms with Crippen molar-refractivity contribution < 1.29 is 0 Å². The number of nitrogens with zero attached hydrogens (tertiary/aromatic N) is 1. The fourth-order valence-electron chi connectivity index (χ4n) is 8.66. The van der Waals surface area contributed by atoms with Gasteiger partial charge in [0.15, 0.2) is 0 Å². The van der Waals surface area contributed by atoms with Gasteiger partial charge >= 0.3 is 0 Å². The van der Waals surface area contributed by atoms with E-state index < -0.39 is 0 Å². The number of hydrogen-bond acceptors (Lipinski definition) is 1. The van der Waals surface area contributed by atoms with E-state index in [2.05, 4.69) is 219 Å². The molecule has 0 aromatic heterocycles. The summed E-state index contributed by atoms with van der Waals surface area (Å²) in [6.07, 6.45) is 0. The fraction of sp³-hybridized carbons (Fsp3) is 0.0566. The van der Waals surface area contributed by atoms with Gasteiger partial charge in [-0.05, 0) is 120 Å². The molecule has 0 N–H and O–H groups in total. The molecule has 0 aliphatic heterocycles. The summed E-state index contributed by atoms with van der Waals surface area (Å²) in [5.74, 6) is 0. The molecule has 9 aromatic rings. The van der Waals surface area contributed by atoms with E-state index in [0.717, 1.165) is 17.1 Å². The Morgan fingerprint density at radius 3 is 1.57 bits per heavy atom. The molecule has 9 aromatic carbocycles. The van der Waals surface area contributed by atoms with Gasteiger partial charge in [0.1, 0.15) is 0 Å². The van der Waals surface area contributed by atoms with Crippen molar-refractivity contribution >= 4 is 38.6 Å². The molecule has 0 amide bonds. The van der Waals surface area contributed by atoms with E-state index in [4.69, 9.17) is 0 Å². The normalized spacial score (nSPS) is 12.8. The van der Waals surface area contributed by atoms with Crippen LogP contribution >= 0.6 is 0 Å². The Hall–Kier alpha value is -6.70. The van der Waals surface area contributed by atoms with Gasteiger partial charge in [0.25, 0.3) is 0 Å². The van der Waals surface area contributed by atoms with Crippen molar-refractivity contribution in [2.45, 2.75) is 19.3 Å². The Labute approximate surface area is 317 Å². The highest BCUT2D eigenvalue weighted by Crippen LogP contribution is 2.52. The lowest BCUT2D eigenvalue weighted by atomic mass is 9.67. The molecule has 54 heavy (non-hydrogen) atoms. The second-order valence-corrected chi connectivity index (χ2v) is 15.0. The maximum Gasteiger partial charge on any atom is 0.0468 e. The van der Waals surface area contributed by atoms with Crippen LogP contribution in [0.15, 0.2) is 200 Å². The van der Waals surface area contributed by atoms with Gasteiger partial charge < -0.3 is 4.90 Å². The molecule has 0 atom stereocenters. The zero-order chi connectivity index (χ0) is 36.2. The number of anilines is 3. The molecule has 0 fully saturated rings. The SMILES string of the molecule is CC1(C)c2ccc(-c3ccccc3)cc2-c2c(-c3ccc(N(c4ccc(-c5ccccc5)cc4)c4ccc5ccccc5c4)cc3)ccc3cccc1c23. The first-order valence-electron chi connectivity index (χ1n) is 18.8. The van der Waals surface area contributed by atoms with Crippen LogP contribution < -0.4 is 4.90 Å². The molecular formula is C53H39N. The first-order chi connectivity index (χ1) is 26.5. The summed E-state index contributed by atoms with van der Waals surface area (Å²) in [5, 5.41) is 5.10. The predicted molar refractivity (Wildman–Crippen MR) is 230 cm³/mol. The summed E-state index contributed by atoms with van der Waals surface area (Å²) in [4.78, 5) is 2.37. The van der Waals surface area contributed by atoms with Crippen LogP contribution in [-0.2, 0) is 5.41 Å². The molecule has 0 unspecified atom stereocenters. The minimum Gasteiger partial charge on any atom is -0.310 e. The lowest BCUT2D eigenvalue weighted by Gasteiger charge is -2.36. The lowest BCUT2D eigenvalue weighted by Crippen LogP contribution is -2.24. The highest BCUT2D eigenvalue weighted by atomic mass is 15.1. The molecule has 1 heteroatoms. The third-order valence-electron chi connectivity index (χ3n) is 11.4. The Kier molecular flexibility index (Phi) is 7.56. The van der Waals surface area contributed by atoms with E-state index in [1.54, 1.807) is 0 Å². The zero-order valence-electron chi connectivity index (χ0n) is 30.5. The van der Waals surface area contributed by atoms with E-state index in [1.807, 2.05) is 0 Å². The first kappa shape index (κ1) is 32.0. The van der Waals surface area contributed by atoms with Gasteiger partial charge in [0.05, 0.1) is 0 Å². The summed E-state index contributed by atoms with van der Waals surface area (Å²) in [6.45, 7) is 4.75. The molecule has 1 aliphatic carbocycles. The average molecular weight is 690 g/mol. The van der Waals surface area contributed by atoms with Crippen LogP contribution in [0, 0.1) is 0 Å². The molecule has 0 bridgehead atoms. The van der Waals surface area contributed by atoms with Crippen LogP contribution in [-0.4, -0.2) is 0 Å². The van der Waals surface area contributed by atoms with Gasteiger partial charge in [-0.2, -0.15) is 0 Å². The van der Waals surface area contributed by atoms with Crippen LogP contribution in [0.25, 0.3) is 66.1 Å². The quantitative estimate of drug-likeness (QED) is 0.168. The van der Waals surface area contributed by atoms with E-state index in [-0.39, 0.29) is 5.41 Å². The number of benzene rings is 9. The molecule has 1 nitrogen and oxygen atoms in total. The summed E-state index contributed by atoms with van der Waals surface area (Å²) in [7, 11) is 0. The van der Waals surface area contributed by atoms with Gasteiger partial charge in [-0.25, -0.2) is 0 Å². The summed E-state index contributed by atoms with van der Waals surface area (Å²) in [6, 6.07) is 73.4. The molecule has 0 saturated heterocycles. The van der Waals surface area contributed by atoms with Crippen molar-refractivity contribution in [1.29, 1.82) is 0 Å². The molecule has 0 spiro atoms. The Morgan fingerprint density at radius 1 is 0.333 bits per heavy atom. The van der Waals surface area contributed by atoms with Crippen molar-refractivity contribution in [3.63, 3.8) is 0 Å². The minimum atomic E-state index is -0.129. The lowest BCUT2D eigenvalue weighted by molar-refractivity contribution is 0.645. The monoisotopic (exact) mass is 689 g/mol. The Morgan fingerprint density at radius 2 is 0.870 bits per heavy atom. The van der Waals surface area contributed by atoms with E-state index in [1.165, 1.54) is 77.2 Å². The van der Waals surface area contributed by atoms with Crippen LogP contribution in [0.3, 0.4) is 0 Å². The van der Waals surface area contributed by atoms with Crippen molar-refractivity contribution in [3.05, 3.63) is 211 Å². The minimum absolute atomic E-state index is 0.129. The van der Waals surface area contributed by atoms with Crippen LogP contribution in [0.4, 0.5) is 17.1 Å². The van der Waals surface area contributed by atoms with Crippen LogP contribution in [0.5, 0.6) is 0 Å². The van der Waals surface area contributed by atoms with Crippen LogP contribution in [0.2, 0.25) is 0 Å². The highest BCUT2D eigenvalue weighted by Gasteiger charge is 2.34. The highest BCUT2D eigenvalue weighted by molar-refractivity contribution is 6.09. The number of hydrogen-bond donors (Lipinski definition) is 0. The second kappa shape index (κ2) is 12.8. The molecule has 0 radical (unpaired) electrons. The third kappa shape index (κ3) is 5.32. The fourth-order valence-corrected chi connectivity index (χ4v) is 8.66. The molecule has 1 aliphatic rings. The number of fused-ring (bicyclic) bond motifs is 3. The summed E-state index contributed by atoms with van der Waals surface area (Å²) < 4.78 is 0. The largest absolute Gasteiger partial charge is 0.310 e. The van der Waals surface area contributed by atoms with Gasteiger partial charge in [-0.3, -0.25) is 0 Å². The van der Waals surface area contributed by atoms with Crippen molar-refractivity contribution in [3.8, 4) is 44.5 Å². The van der Waals surface area contributed by atoms with Gasteiger partial charge in [-0.15, -0.1) is 0 Å². The van der Waals surface area contributed by atoms with Crippen LogP contribution in [0.1, 0.15) is 25.0 Å². The van der Waals surface area contributed by atoms with Crippen molar-refractivity contribution in [2.24, 2.45) is 0 Å². The van der Waals surface area contributed by atoms with Gasteiger partial charge in [0.2, 0.25) is 0 Å². The predicted octanol–water partition coefficient (Wildman–Crippen LogP) is 14.8. The molecule has 10 rings (SSSR count). The van der Waals surface area contributed by atoms with E-state index in [0.29, 0.717) is 0 Å². The summed E-state index contributed by atoms with van der Waals surface area (Å²) >= 11 is 0. The molecule has 0 saturated carbocycles. The maximum atomic E-state index is 2.43. The van der Waals surface area contributed by atoms with E-state index >= 15 is 0 Å². The number of rotatable bonds is 6. The molecule has 256 valence electrons. The third-order valence-corrected chi connectivity index (χ3v) is 11.4. The first-order valence-corrected chi connectivity index (χ1v) is 18.8. The van der Waals surface area contributed by atoms with Gasteiger partial charge in [-0.1, -0.05) is 172 Å². The smallest absolute Gasteiger partial charge is 0.0468 e. The topological polar surface area (TPSA) is 3.24 Å². The Bertz CT molecular complexity index is 2810. The van der Waals surface area contributed by atoms with Gasteiger partial charge in [0, 0.05) is 22.5 Å². The van der Waals surface area contributed by atoms with Crippen molar-refractivity contribution in [1.82, 2.24) is 0 Å². The molecule has 0 heterocycles. The maximum absolute atomic E-state index is 2.43. The van der Waals surface area contributed by atoms with Crippen molar-refractivity contribution in [2.75, 3.05) is 4.90 Å². The standard InChI is InChI=1S/C53H39N/c1-53(2)49-33-26-43(37-14-7-4-8-15-37)35-48(49)52-47(32-25-41-18-11-19-50(53)51(41)52)40-23-29-45(30-24-40)54(46-31-22-38-16-9-10-17-42(38)34-46)44-27-20-39(21-28-44)36-12-5-3-6-13-36/h3-35H,1-2H3.